The molecule has 5 nitrogen and oxygen atoms in total. The lowest BCUT2D eigenvalue weighted by Crippen LogP contribution is -2.19. The first kappa shape index (κ1) is 15.5. The number of nitriles is 1. The van der Waals surface area contributed by atoms with Crippen molar-refractivity contribution in [2.45, 2.75) is 4.90 Å². The van der Waals surface area contributed by atoms with Crippen LogP contribution >= 0.6 is 0 Å². The molecule has 0 saturated heterocycles. The van der Waals surface area contributed by atoms with E-state index in [1.54, 1.807) is 54.6 Å². The molecule has 0 spiro atoms. The number of rotatable bonds is 4. The van der Waals surface area contributed by atoms with Crippen LogP contribution in [0.25, 0.3) is 0 Å². The lowest BCUT2D eigenvalue weighted by Gasteiger charge is -2.04. The number of amides is 1. The van der Waals surface area contributed by atoms with Crippen molar-refractivity contribution in [3.8, 4) is 6.07 Å². The minimum atomic E-state index is -3.94. The highest BCUT2D eigenvalue weighted by Crippen LogP contribution is 2.17. The molecular weight excluding hydrogens is 300 g/mol. The van der Waals surface area contributed by atoms with Gasteiger partial charge in [0.1, 0.15) is 6.07 Å². The Balaban J connectivity index is 2.26. The molecule has 110 valence electrons. The van der Waals surface area contributed by atoms with E-state index in [0.717, 1.165) is 6.20 Å². The van der Waals surface area contributed by atoms with Gasteiger partial charge in [0, 0.05) is 11.8 Å². The standard InChI is InChI=1S/C16H12N2O3S/c17-11-15(22(20,21)14-9-5-2-6-10-14)12-18-16(19)13-7-3-1-4-8-13/h1-10,12H,(H,18,19)/b15-12+. The Morgan fingerprint density at radius 2 is 1.55 bits per heavy atom. The molecule has 1 amide bonds. The summed E-state index contributed by atoms with van der Waals surface area (Å²) in [6, 6.07) is 17.5. The third kappa shape index (κ3) is 3.40. The second kappa shape index (κ2) is 6.70. The number of carbonyl (C=O) groups excluding carboxylic acids is 1. The SMILES string of the molecule is N#C/C(=C\NC(=O)c1ccccc1)S(=O)(=O)c1ccccc1. The van der Waals surface area contributed by atoms with Gasteiger partial charge in [0.25, 0.3) is 5.91 Å². The molecule has 0 aromatic heterocycles. The van der Waals surface area contributed by atoms with Crippen LogP contribution in [0.4, 0.5) is 0 Å². The van der Waals surface area contributed by atoms with Gasteiger partial charge in [-0.2, -0.15) is 5.26 Å². The van der Waals surface area contributed by atoms with Crippen LogP contribution in [-0.4, -0.2) is 14.3 Å². The maximum absolute atomic E-state index is 12.3. The van der Waals surface area contributed by atoms with Crippen molar-refractivity contribution in [3.63, 3.8) is 0 Å². The molecule has 22 heavy (non-hydrogen) atoms. The molecule has 0 fully saturated rings. The Labute approximate surface area is 128 Å². The van der Waals surface area contributed by atoms with Crippen molar-refractivity contribution in [2.75, 3.05) is 0 Å². The van der Waals surface area contributed by atoms with E-state index < -0.39 is 20.6 Å². The first-order valence-corrected chi connectivity index (χ1v) is 7.80. The molecule has 6 heteroatoms. The van der Waals surface area contributed by atoms with E-state index in [-0.39, 0.29) is 4.90 Å². The zero-order valence-corrected chi connectivity index (χ0v) is 12.2. The predicted molar refractivity (Wildman–Crippen MR) is 81.2 cm³/mol. The lowest BCUT2D eigenvalue weighted by atomic mass is 10.2. The van der Waals surface area contributed by atoms with Crippen LogP contribution in [0, 0.1) is 11.3 Å². The van der Waals surface area contributed by atoms with Crippen molar-refractivity contribution in [2.24, 2.45) is 0 Å². The number of carbonyl (C=O) groups is 1. The van der Waals surface area contributed by atoms with Gasteiger partial charge in [-0.25, -0.2) is 8.42 Å². The van der Waals surface area contributed by atoms with Crippen molar-refractivity contribution in [1.82, 2.24) is 5.32 Å². The quantitative estimate of drug-likeness (QED) is 0.877. The number of nitrogens with one attached hydrogen (secondary N) is 1. The summed E-state index contributed by atoms with van der Waals surface area (Å²) >= 11 is 0. The molecule has 2 aromatic rings. The van der Waals surface area contributed by atoms with Gasteiger partial charge in [-0.05, 0) is 24.3 Å². The molecule has 1 N–H and O–H groups in total. The minimum Gasteiger partial charge on any atom is -0.327 e. The second-order valence-corrected chi connectivity index (χ2v) is 6.19. The summed E-state index contributed by atoms with van der Waals surface area (Å²) in [7, 11) is -3.94. The topological polar surface area (TPSA) is 87.0 Å². The zero-order valence-electron chi connectivity index (χ0n) is 11.4. The van der Waals surface area contributed by atoms with Gasteiger partial charge in [-0.3, -0.25) is 4.79 Å². The molecule has 0 aliphatic carbocycles. The van der Waals surface area contributed by atoms with Crippen molar-refractivity contribution < 1.29 is 13.2 Å². The van der Waals surface area contributed by atoms with Crippen LogP contribution < -0.4 is 5.32 Å². The maximum atomic E-state index is 12.3. The monoisotopic (exact) mass is 312 g/mol. The molecule has 0 bridgehead atoms. The van der Waals surface area contributed by atoms with Gasteiger partial charge in [0.2, 0.25) is 9.84 Å². The fraction of sp³-hybridized carbons (Fsp3) is 0. The lowest BCUT2D eigenvalue weighted by molar-refractivity contribution is 0.0970. The highest BCUT2D eigenvalue weighted by molar-refractivity contribution is 7.95. The predicted octanol–water partition coefficient (Wildman–Crippen LogP) is 2.26. The summed E-state index contributed by atoms with van der Waals surface area (Å²) in [5, 5.41) is 11.4. The molecule has 0 aliphatic heterocycles. The fourth-order valence-electron chi connectivity index (χ4n) is 1.70. The van der Waals surface area contributed by atoms with Crippen molar-refractivity contribution in [3.05, 3.63) is 77.3 Å². The Morgan fingerprint density at radius 3 is 2.09 bits per heavy atom. The van der Waals surface area contributed by atoms with Crippen molar-refractivity contribution >= 4 is 15.7 Å². The Morgan fingerprint density at radius 1 is 1.00 bits per heavy atom. The Kier molecular flexibility index (Phi) is 4.71. The van der Waals surface area contributed by atoms with Gasteiger partial charge >= 0.3 is 0 Å². The van der Waals surface area contributed by atoms with E-state index in [1.807, 2.05) is 0 Å². The summed E-state index contributed by atoms with van der Waals surface area (Å²) in [6.45, 7) is 0. The van der Waals surface area contributed by atoms with E-state index in [0.29, 0.717) is 5.56 Å². The second-order valence-electron chi connectivity index (χ2n) is 4.28. The largest absolute Gasteiger partial charge is 0.327 e. The van der Waals surface area contributed by atoms with E-state index in [2.05, 4.69) is 5.32 Å². The van der Waals surface area contributed by atoms with Crippen LogP contribution in [0.5, 0.6) is 0 Å². The van der Waals surface area contributed by atoms with Crippen LogP contribution in [0.15, 0.2) is 76.7 Å². The third-order valence-corrected chi connectivity index (χ3v) is 4.50. The van der Waals surface area contributed by atoms with E-state index in [9.17, 15) is 13.2 Å². The van der Waals surface area contributed by atoms with Gasteiger partial charge in [0.05, 0.1) is 4.90 Å². The number of hydrogen-bond acceptors (Lipinski definition) is 4. The van der Waals surface area contributed by atoms with Crippen molar-refractivity contribution in [1.29, 1.82) is 5.26 Å². The maximum Gasteiger partial charge on any atom is 0.255 e. The van der Waals surface area contributed by atoms with Crippen LogP contribution in [0.3, 0.4) is 0 Å². The number of benzene rings is 2. The van der Waals surface area contributed by atoms with Gasteiger partial charge in [-0.15, -0.1) is 0 Å². The van der Waals surface area contributed by atoms with Gasteiger partial charge in [0.15, 0.2) is 4.91 Å². The molecular formula is C16H12N2O3S. The summed E-state index contributed by atoms with van der Waals surface area (Å²) in [6.07, 6.45) is 0.914. The average molecular weight is 312 g/mol. The molecule has 0 unspecified atom stereocenters. The molecule has 0 heterocycles. The molecule has 0 saturated carbocycles. The summed E-state index contributed by atoms with van der Waals surface area (Å²) in [5.74, 6) is -0.489. The average Bonchev–Trinajstić information content (AvgIpc) is 2.56. The van der Waals surface area contributed by atoms with Gasteiger partial charge in [-0.1, -0.05) is 36.4 Å². The summed E-state index contributed by atoms with van der Waals surface area (Å²) in [4.78, 5) is 11.3. The molecule has 0 aliphatic rings. The molecule has 0 radical (unpaired) electrons. The first-order chi connectivity index (χ1) is 10.6. The van der Waals surface area contributed by atoms with E-state index >= 15 is 0 Å². The number of sulfone groups is 1. The van der Waals surface area contributed by atoms with E-state index in [4.69, 9.17) is 5.26 Å². The number of allylic oxidation sites excluding steroid dienone is 1. The molecule has 2 aromatic carbocycles. The van der Waals surface area contributed by atoms with Gasteiger partial charge < -0.3 is 5.32 Å². The number of hydrogen-bond donors (Lipinski definition) is 1. The van der Waals surface area contributed by atoms with Crippen LogP contribution in [0.1, 0.15) is 10.4 Å². The van der Waals surface area contributed by atoms with E-state index in [1.165, 1.54) is 12.1 Å². The normalized spacial score (nSPS) is 11.5. The smallest absolute Gasteiger partial charge is 0.255 e. The highest BCUT2D eigenvalue weighted by atomic mass is 32.2. The first-order valence-electron chi connectivity index (χ1n) is 6.32. The minimum absolute atomic E-state index is 0.00300. The third-order valence-electron chi connectivity index (χ3n) is 2.82. The highest BCUT2D eigenvalue weighted by Gasteiger charge is 2.20. The zero-order chi connectivity index (χ0) is 16.0. The Hall–Kier alpha value is -2.91. The number of nitrogens with zero attached hydrogens (tertiary/aromatic N) is 1. The van der Waals surface area contributed by atoms with Crippen LogP contribution in [-0.2, 0) is 9.84 Å². The fourth-order valence-corrected chi connectivity index (χ4v) is 2.80. The van der Waals surface area contributed by atoms with Crippen LogP contribution in [0.2, 0.25) is 0 Å². The Bertz CT molecular complexity index is 836. The summed E-state index contributed by atoms with van der Waals surface area (Å²) in [5.41, 5.74) is 0.369. The molecule has 2 rings (SSSR count). The molecule has 0 atom stereocenters. The summed E-state index contributed by atoms with van der Waals surface area (Å²) < 4.78 is 24.5.